The fourth-order valence-corrected chi connectivity index (χ4v) is 4.31. The van der Waals surface area contributed by atoms with Gasteiger partial charge in [-0.1, -0.05) is 77.0 Å². The van der Waals surface area contributed by atoms with Crippen LogP contribution in [0.4, 0.5) is 0 Å². The van der Waals surface area contributed by atoms with Crippen molar-refractivity contribution in [3.05, 3.63) is 0 Å². The average Bonchev–Trinajstić information content (AvgIpc) is 2.69. The highest BCUT2D eigenvalue weighted by Gasteiger charge is 2.08. The number of unbranched alkanes of at least 4 members (excludes halogenated alkanes) is 2. The minimum absolute atomic E-state index is 0. The van der Waals surface area contributed by atoms with Crippen molar-refractivity contribution < 1.29 is 0 Å². The summed E-state index contributed by atoms with van der Waals surface area (Å²) in [6.45, 7) is 5.57. The third kappa shape index (κ3) is 25.0. The molecule has 0 aliphatic heterocycles. The van der Waals surface area contributed by atoms with Crippen molar-refractivity contribution in [2.24, 2.45) is 11.7 Å². The zero-order valence-electron chi connectivity index (χ0n) is 19.6. The summed E-state index contributed by atoms with van der Waals surface area (Å²) >= 11 is 0. The fraction of sp³-hybridized carbons (Fsp3) is 1.00. The van der Waals surface area contributed by atoms with Crippen molar-refractivity contribution in [3.63, 3.8) is 0 Å². The van der Waals surface area contributed by atoms with Crippen LogP contribution in [0.1, 0.15) is 116 Å². The van der Waals surface area contributed by atoms with Gasteiger partial charge >= 0.3 is 0 Å². The molecule has 1 aliphatic rings. The summed E-state index contributed by atoms with van der Waals surface area (Å²) in [6.07, 6.45) is 25.5. The minimum atomic E-state index is 0. The van der Waals surface area contributed by atoms with Crippen LogP contribution in [0, 0.1) is 5.92 Å². The van der Waals surface area contributed by atoms with E-state index in [1.807, 2.05) is 0 Å². The largest absolute Gasteiger partial charge is 0.330 e. The van der Waals surface area contributed by atoms with E-state index in [1.54, 1.807) is 0 Å². The molecule has 0 amide bonds. The van der Waals surface area contributed by atoms with Crippen LogP contribution in [0.3, 0.4) is 0 Å². The van der Waals surface area contributed by atoms with Crippen molar-refractivity contribution in [2.75, 3.05) is 32.7 Å². The SMILES string of the molecule is Cl.Cl.Cl.NCCCCNCCCCNCC1CCCCCCCCCCCCCC1. The molecule has 1 fully saturated rings. The molecular formula is C24H54Cl3N3. The van der Waals surface area contributed by atoms with Crippen molar-refractivity contribution >= 4 is 37.2 Å². The Hall–Kier alpha value is 0.750. The Balaban J connectivity index is -0.00000243. The number of rotatable bonds is 11. The van der Waals surface area contributed by atoms with Gasteiger partial charge in [0.15, 0.2) is 0 Å². The predicted molar refractivity (Wildman–Crippen MR) is 143 cm³/mol. The predicted octanol–water partition coefficient (Wildman–Crippen LogP) is 7.04. The van der Waals surface area contributed by atoms with E-state index >= 15 is 0 Å². The molecule has 0 saturated heterocycles. The van der Waals surface area contributed by atoms with Gasteiger partial charge in [0.1, 0.15) is 0 Å². The normalized spacial score (nSPS) is 17.5. The molecule has 1 aliphatic carbocycles. The smallest absolute Gasteiger partial charge is 0.00205 e. The van der Waals surface area contributed by atoms with Crippen molar-refractivity contribution in [2.45, 2.75) is 116 Å². The molecule has 4 N–H and O–H groups in total. The molecule has 1 saturated carbocycles. The Labute approximate surface area is 207 Å². The first-order chi connectivity index (χ1) is 13.4. The lowest BCUT2D eigenvalue weighted by atomic mass is 9.94. The number of halogens is 3. The molecule has 0 radical (unpaired) electrons. The lowest BCUT2D eigenvalue weighted by Gasteiger charge is -2.18. The standard InChI is InChI=1S/C24H51N3.3ClH/c25-19-13-14-20-26-21-15-16-22-27-23-24-17-11-9-7-5-3-1-2-4-6-8-10-12-18-24;;;/h24,26-27H,1-23,25H2;3*1H. The second kappa shape index (κ2) is 29.8. The summed E-state index contributed by atoms with van der Waals surface area (Å²) in [6, 6.07) is 0. The maximum absolute atomic E-state index is 5.52. The van der Waals surface area contributed by atoms with Gasteiger partial charge in [-0.05, 0) is 77.2 Å². The molecule has 0 spiro atoms. The Morgan fingerprint density at radius 3 is 1.30 bits per heavy atom. The van der Waals surface area contributed by atoms with Crippen LogP contribution in [0.2, 0.25) is 0 Å². The molecule has 0 aromatic heterocycles. The van der Waals surface area contributed by atoms with E-state index in [4.69, 9.17) is 5.73 Å². The van der Waals surface area contributed by atoms with E-state index in [9.17, 15) is 0 Å². The Morgan fingerprint density at radius 1 is 0.500 bits per heavy atom. The second-order valence-electron chi connectivity index (χ2n) is 8.84. The molecule has 6 heteroatoms. The van der Waals surface area contributed by atoms with E-state index in [-0.39, 0.29) is 37.2 Å². The molecular weight excluding hydrogens is 437 g/mol. The first kappa shape index (κ1) is 35.3. The van der Waals surface area contributed by atoms with E-state index < -0.39 is 0 Å². The van der Waals surface area contributed by atoms with E-state index in [0.29, 0.717) is 0 Å². The van der Waals surface area contributed by atoms with Crippen LogP contribution in [0.5, 0.6) is 0 Å². The third-order valence-corrected chi connectivity index (χ3v) is 6.17. The lowest BCUT2D eigenvalue weighted by Crippen LogP contribution is -2.25. The molecule has 0 aromatic carbocycles. The van der Waals surface area contributed by atoms with Crippen molar-refractivity contribution in [3.8, 4) is 0 Å². The zero-order valence-corrected chi connectivity index (χ0v) is 22.1. The summed E-state index contributed by atoms with van der Waals surface area (Å²) in [4.78, 5) is 0. The maximum Gasteiger partial charge on any atom is -0.00205 e. The van der Waals surface area contributed by atoms with Crippen LogP contribution in [-0.2, 0) is 0 Å². The molecule has 1 rings (SSSR count). The maximum atomic E-state index is 5.52. The highest BCUT2D eigenvalue weighted by atomic mass is 35.5. The van der Waals surface area contributed by atoms with Gasteiger partial charge in [0.2, 0.25) is 0 Å². The highest BCUT2D eigenvalue weighted by Crippen LogP contribution is 2.20. The fourth-order valence-electron chi connectivity index (χ4n) is 4.31. The molecule has 0 bridgehead atoms. The van der Waals surface area contributed by atoms with Gasteiger partial charge in [0.25, 0.3) is 0 Å². The van der Waals surface area contributed by atoms with Gasteiger partial charge in [-0.3, -0.25) is 0 Å². The minimum Gasteiger partial charge on any atom is -0.330 e. The van der Waals surface area contributed by atoms with Crippen molar-refractivity contribution in [1.29, 1.82) is 0 Å². The van der Waals surface area contributed by atoms with Crippen LogP contribution in [-0.4, -0.2) is 32.7 Å². The Morgan fingerprint density at radius 2 is 0.867 bits per heavy atom. The first-order valence-electron chi connectivity index (χ1n) is 12.5. The van der Waals surface area contributed by atoms with E-state index in [2.05, 4.69) is 10.6 Å². The molecule has 0 heterocycles. The summed E-state index contributed by atoms with van der Waals surface area (Å²) < 4.78 is 0. The van der Waals surface area contributed by atoms with Crippen LogP contribution in [0.25, 0.3) is 0 Å². The number of hydrogen-bond donors (Lipinski definition) is 3. The highest BCUT2D eigenvalue weighted by molar-refractivity contribution is 5.86. The van der Waals surface area contributed by atoms with Crippen LogP contribution in [0.15, 0.2) is 0 Å². The number of nitrogens with two attached hydrogens (primary N) is 1. The van der Waals surface area contributed by atoms with Gasteiger partial charge in [0, 0.05) is 0 Å². The lowest BCUT2D eigenvalue weighted by molar-refractivity contribution is 0.381. The topological polar surface area (TPSA) is 50.1 Å². The number of hydrogen-bond acceptors (Lipinski definition) is 3. The summed E-state index contributed by atoms with van der Waals surface area (Å²) in [7, 11) is 0. The zero-order chi connectivity index (χ0) is 19.3. The second-order valence-corrected chi connectivity index (χ2v) is 8.84. The molecule has 0 aromatic rings. The van der Waals surface area contributed by atoms with Gasteiger partial charge in [-0.2, -0.15) is 0 Å². The van der Waals surface area contributed by atoms with Gasteiger partial charge < -0.3 is 16.4 Å². The van der Waals surface area contributed by atoms with Crippen LogP contribution >= 0.6 is 37.2 Å². The molecule has 0 unspecified atom stereocenters. The van der Waals surface area contributed by atoms with Crippen LogP contribution < -0.4 is 16.4 Å². The molecule has 186 valence electrons. The summed E-state index contributed by atoms with van der Waals surface area (Å²) in [5, 5.41) is 7.30. The molecule has 0 atom stereocenters. The average molecular weight is 491 g/mol. The summed E-state index contributed by atoms with van der Waals surface area (Å²) in [5.41, 5.74) is 5.52. The monoisotopic (exact) mass is 489 g/mol. The van der Waals surface area contributed by atoms with Gasteiger partial charge in [0.05, 0.1) is 0 Å². The quantitative estimate of drug-likeness (QED) is 0.272. The van der Waals surface area contributed by atoms with Crippen molar-refractivity contribution in [1.82, 2.24) is 10.6 Å². The Kier molecular flexibility index (Phi) is 35.0. The third-order valence-electron chi connectivity index (χ3n) is 6.17. The number of nitrogens with one attached hydrogen (secondary N) is 2. The van der Waals surface area contributed by atoms with E-state index in [0.717, 1.165) is 32.0 Å². The Bertz CT molecular complexity index is 281. The van der Waals surface area contributed by atoms with E-state index in [1.165, 1.54) is 122 Å². The van der Waals surface area contributed by atoms with Gasteiger partial charge in [-0.15, -0.1) is 37.2 Å². The molecule has 30 heavy (non-hydrogen) atoms. The summed E-state index contributed by atoms with van der Waals surface area (Å²) in [5.74, 6) is 0.921. The van der Waals surface area contributed by atoms with Gasteiger partial charge in [-0.25, -0.2) is 0 Å². The first-order valence-corrected chi connectivity index (χ1v) is 12.5. The molecule has 3 nitrogen and oxygen atoms in total.